The van der Waals surface area contributed by atoms with Crippen molar-refractivity contribution in [2.24, 2.45) is 5.41 Å². The van der Waals surface area contributed by atoms with Gasteiger partial charge in [-0.1, -0.05) is 13.8 Å². The van der Waals surface area contributed by atoms with Crippen LogP contribution in [0.4, 0.5) is 0 Å². The van der Waals surface area contributed by atoms with Crippen LogP contribution in [0.15, 0.2) is 0 Å². The van der Waals surface area contributed by atoms with Crippen LogP contribution in [-0.4, -0.2) is 37.1 Å². The Morgan fingerprint density at radius 1 is 1.40 bits per heavy atom. The van der Waals surface area contributed by atoms with E-state index in [4.69, 9.17) is 0 Å². The first kappa shape index (κ1) is 13.0. The maximum absolute atomic E-state index is 3.52. The average Bonchev–Trinajstić information content (AvgIpc) is 2.18. The Kier molecular flexibility index (Phi) is 4.19. The highest BCUT2D eigenvalue weighted by molar-refractivity contribution is 4.88. The van der Waals surface area contributed by atoms with Crippen LogP contribution in [0.5, 0.6) is 0 Å². The average molecular weight is 212 g/mol. The van der Waals surface area contributed by atoms with Crippen molar-refractivity contribution in [1.29, 1.82) is 0 Å². The van der Waals surface area contributed by atoms with Gasteiger partial charge in [0.05, 0.1) is 0 Å². The minimum Gasteiger partial charge on any atom is -0.316 e. The van der Waals surface area contributed by atoms with Gasteiger partial charge in [-0.15, -0.1) is 0 Å². The summed E-state index contributed by atoms with van der Waals surface area (Å²) in [5, 5.41) is 3.52. The predicted octanol–water partition coefficient (Wildman–Crippen LogP) is 2.50. The van der Waals surface area contributed by atoms with Gasteiger partial charge in [0.15, 0.2) is 0 Å². The maximum Gasteiger partial charge on any atom is 0.0147 e. The van der Waals surface area contributed by atoms with Gasteiger partial charge in [0.25, 0.3) is 0 Å². The summed E-state index contributed by atoms with van der Waals surface area (Å²) >= 11 is 0. The first-order valence-electron chi connectivity index (χ1n) is 6.32. The van der Waals surface area contributed by atoms with E-state index in [9.17, 15) is 0 Å². The minimum absolute atomic E-state index is 0.334. The fraction of sp³-hybridized carbons (Fsp3) is 1.00. The summed E-state index contributed by atoms with van der Waals surface area (Å²) in [5.74, 6) is 0. The quantitative estimate of drug-likeness (QED) is 0.770. The predicted molar refractivity (Wildman–Crippen MR) is 67.2 cm³/mol. The lowest BCUT2D eigenvalue weighted by molar-refractivity contribution is 0.0753. The summed E-state index contributed by atoms with van der Waals surface area (Å²) < 4.78 is 0. The molecule has 1 aliphatic rings. The second kappa shape index (κ2) is 4.84. The number of nitrogens with zero attached hydrogens (tertiary/aromatic N) is 1. The van der Waals surface area contributed by atoms with Crippen molar-refractivity contribution in [2.45, 2.75) is 52.5 Å². The maximum atomic E-state index is 3.52. The zero-order valence-corrected chi connectivity index (χ0v) is 11.2. The summed E-state index contributed by atoms with van der Waals surface area (Å²) in [7, 11) is 2.27. The second-order valence-corrected chi connectivity index (χ2v) is 6.11. The molecule has 0 spiro atoms. The lowest BCUT2D eigenvalue weighted by Gasteiger charge is -2.43. The van der Waals surface area contributed by atoms with Crippen LogP contribution in [-0.2, 0) is 0 Å². The Hall–Kier alpha value is -0.0800. The monoisotopic (exact) mass is 212 g/mol. The SMILES string of the molecule is CCC(C)(C)N(C)CC1(C)CCCNC1. The smallest absolute Gasteiger partial charge is 0.0147 e. The summed E-state index contributed by atoms with van der Waals surface area (Å²) in [4.78, 5) is 2.53. The molecular weight excluding hydrogens is 184 g/mol. The van der Waals surface area contributed by atoms with Crippen molar-refractivity contribution >= 4 is 0 Å². The van der Waals surface area contributed by atoms with E-state index in [-0.39, 0.29) is 0 Å². The molecule has 1 rings (SSSR count). The molecule has 0 aliphatic carbocycles. The Bertz CT molecular complexity index is 193. The van der Waals surface area contributed by atoms with E-state index >= 15 is 0 Å². The van der Waals surface area contributed by atoms with Crippen LogP contribution in [0, 0.1) is 5.41 Å². The Balaban J connectivity index is 2.52. The minimum atomic E-state index is 0.334. The van der Waals surface area contributed by atoms with Gasteiger partial charge in [-0.2, -0.15) is 0 Å². The summed E-state index contributed by atoms with van der Waals surface area (Å²) in [5.41, 5.74) is 0.805. The van der Waals surface area contributed by atoms with Gasteiger partial charge < -0.3 is 10.2 Å². The second-order valence-electron chi connectivity index (χ2n) is 6.11. The molecule has 0 aromatic rings. The molecule has 90 valence electrons. The highest BCUT2D eigenvalue weighted by atomic mass is 15.2. The molecule has 1 N–H and O–H groups in total. The Morgan fingerprint density at radius 2 is 2.07 bits per heavy atom. The molecule has 0 aromatic heterocycles. The normalized spacial score (nSPS) is 28.4. The highest BCUT2D eigenvalue weighted by Crippen LogP contribution is 2.29. The molecular formula is C13H28N2. The molecule has 2 heteroatoms. The van der Waals surface area contributed by atoms with Gasteiger partial charge in [0, 0.05) is 18.6 Å². The van der Waals surface area contributed by atoms with Crippen LogP contribution in [0.3, 0.4) is 0 Å². The van der Waals surface area contributed by atoms with Crippen LogP contribution in [0.1, 0.15) is 47.0 Å². The molecule has 0 aromatic carbocycles. The van der Waals surface area contributed by atoms with E-state index in [0.29, 0.717) is 11.0 Å². The van der Waals surface area contributed by atoms with E-state index in [0.717, 1.165) is 0 Å². The Labute approximate surface area is 95.4 Å². The van der Waals surface area contributed by atoms with Crippen LogP contribution in [0.2, 0.25) is 0 Å². The number of rotatable bonds is 4. The molecule has 0 bridgehead atoms. The molecule has 1 fully saturated rings. The lowest BCUT2D eigenvalue weighted by Crippen LogP contribution is -2.50. The van der Waals surface area contributed by atoms with Gasteiger partial charge in [-0.3, -0.25) is 0 Å². The fourth-order valence-electron chi connectivity index (χ4n) is 2.31. The summed E-state index contributed by atoms with van der Waals surface area (Å²) in [6.07, 6.45) is 3.91. The molecule has 15 heavy (non-hydrogen) atoms. The molecule has 1 heterocycles. The lowest BCUT2D eigenvalue weighted by atomic mass is 9.81. The third kappa shape index (κ3) is 3.46. The largest absolute Gasteiger partial charge is 0.316 e. The highest BCUT2D eigenvalue weighted by Gasteiger charge is 2.32. The summed E-state index contributed by atoms with van der Waals surface area (Å²) in [6.45, 7) is 13.0. The third-order valence-corrected chi connectivity index (χ3v) is 4.20. The van der Waals surface area contributed by atoms with E-state index in [1.165, 1.54) is 38.9 Å². The Morgan fingerprint density at radius 3 is 2.53 bits per heavy atom. The number of nitrogens with one attached hydrogen (secondary N) is 1. The molecule has 1 unspecified atom stereocenters. The summed E-state index contributed by atoms with van der Waals surface area (Å²) in [6, 6.07) is 0. The zero-order valence-electron chi connectivity index (χ0n) is 11.2. The zero-order chi connectivity index (χ0) is 11.5. The van der Waals surface area contributed by atoms with Gasteiger partial charge in [0.2, 0.25) is 0 Å². The van der Waals surface area contributed by atoms with E-state index in [2.05, 4.69) is 45.0 Å². The molecule has 2 nitrogen and oxygen atoms in total. The topological polar surface area (TPSA) is 15.3 Å². The fourth-order valence-corrected chi connectivity index (χ4v) is 2.31. The van der Waals surface area contributed by atoms with E-state index in [1.807, 2.05) is 0 Å². The molecule has 0 saturated carbocycles. The van der Waals surface area contributed by atoms with Crippen molar-refractivity contribution in [2.75, 3.05) is 26.7 Å². The molecule has 0 radical (unpaired) electrons. The first-order chi connectivity index (χ1) is 6.90. The van der Waals surface area contributed by atoms with Crippen LogP contribution in [0.25, 0.3) is 0 Å². The number of piperidine rings is 1. The third-order valence-electron chi connectivity index (χ3n) is 4.20. The molecule has 0 amide bonds. The van der Waals surface area contributed by atoms with Crippen LogP contribution < -0.4 is 5.32 Å². The van der Waals surface area contributed by atoms with E-state index in [1.54, 1.807) is 0 Å². The van der Waals surface area contributed by atoms with Crippen molar-refractivity contribution in [3.63, 3.8) is 0 Å². The van der Waals surface area contributed by atoms with Crippen molar-refractivity contribution in [1.82, 2.24) is 10.2 Å². The van der Waals surface area contributed by atoms with Crippen molar-refractivity contribution in [3.05, 3.63) is 0 Å². The van der Waals surface area contributed by atoms with E-state index < -0.39 is 0 Å². The number of hydrogen-bond donors (Lipinski definition) is 1. The van der Waals surface area contributed by atoms with Crippen molar-refractivity contribution < 1.29 is 0 Å². The van der Waals surface area contributed by atoms with Crippen LogP contribution >= 0.6 is 0 Å². The molecule has 1 aliphatic heterocycles. The molecule has 1 saturated heterocycles. The number of hydrogen-bond acceptors (Lipinski definition) is 2. The molecule has 1 atom stereocenters. The van der Waals surface area contributed by atoms with Gasteiger partial charge in [-0.25, -0.2) is 0 Å². The standard InChI is InChI=1S/C13H28N2/c1-6-12(2,3)15(5)11-13(4)8-7-9-14-10-13/h14H,6-11H2,1-5H3. The first-order valence-corrected chi connectivity index (χ1v) is 6.32. The van der Waals surface area contributed by atoms with Gasteiger partial charge in [0.1, 0.15) is 0 Å². The van der Waals surface area contributed by atoms with Gasteiger partial charge >= 0.3 is 0 Å². The van der Waals surface area contributed by atoms with Gasteiger partial charge in [-0.05, 0) is 52.1 Å². The van der Waals surface area contributed by atoms with Crippen molar-refractivity contribution in [3.8, 4) is 0 Å².